The van der Waals surface area contributed by atoms with Crippen LogP contribution in [0, 0.1) is 0 Å². The fourth-order valence-electron chi connectivity index (χ4n) is 0.836. The third-order valence-electron chi connectivity index (χ3n) is 1.55. The van der Waals surface area contributed by atoms with Crippen molar-refractivity contribution in [1.29, 1.82) is 0 Å². The molecule has 0 aliphatic carbocycles. The fraction of sp³-hybridized carbons (Fsp3) is 0.333. The average Bonchev–Trinajstić information content (AvgIpc) is 2.09. The van der Waals surface area contributed by atoms with Gasteiger partial charge in [0.25, 0.3) is 0 Å². The van der Waals surface area contributed by atoms with Crippen LogP contribution >= 0.6 is 31.9 Å². The summed E-state index contributed by atoms with van der Waals surface area (Å²) in [5.74, 6) is 0.821. The Morgan fingerprint density at radius 1 is 1.46 bits per heavy atom. The number of rotatable bonds is 3. The second-order valence-electron chi connectivity index (χ2n) is 2.74. The van der Waals surface area contributed by atoms with Crippen molar-refractivity contribution in [3.05, 3.63) is 27.1 Å². The van der Waals surface area contributed by atoms with Gasteiger partial charge in [0.15, 0.2) is 0 Å². The Bertz CT molecular complexity index is 291. The van der Waals surface area contributed by atoms with Gasteiger partial charge < -0.3 is 10.5 Å². The molecule has 0 fully saturated rings. The predicted molar refractivity (Wildman–Crippen MR) is 61.0 cm³/mol. The summed E-state index contributed by atoms with van der Waals surface area (Å²) in [7, 11) is 0. The van der Waals surface area contributed by atoms with Crippen LogP contribution in [0.5, 0.6) is 5.75 Å². The van der Waals surface area contributed by atoms with E-state index in [4.69, 9.17) is 10.5 Å². The van der Waals surface area contributed by atoms with Gasteiger partial charge in [-0.2, -0.15) is 0 Å². The maximum atomic E-state index is 5.56. The van der Waals surface area contributed by atoms with Gasteiger partial charge in [0.05, 0.1) is 4.47 Å². The fourth-order valence-corrected chi connectivity index (χ4v) is 1.98. The lowest BCUT2D eigenvalue weighted by molar-refractivity contribution is 0.228. The monoisotopic (exact) mass is 307 g/mol. The van der Waals surface area contributed by atoms with E-state index in [0.717, 1.165) is 14.7 Å². The lowest BCUT2D eigenvalue weighted by Crippen LogP contribution is -2.22. The second kappa shape index (κ2) is 4.98. The second-order valence-corrected chi connectivity index (χ2v) is 4.51. The first-order valence-corrected chi connectivity index (χ1v) is 5.54. The third-order valence-corrected chi connectivity index (χ3v) is 2.67. The molecule has 13 heavy (non-hydrogen) atoms. The average molecular weight is 309 g/mol. The minimum atomic E-state index is 0.0393. The van der Waals surface area contributed by atoms with Crippen molar-refractivity contribution in [3.8, 4) is 5.75 Å². The van der Waals surface area contributed by atoms with Gasteiger partial charge >= 0.3 is 0 Å². The predicted octanol–water partition coefficient (Wildman–Crippen LogP) is 2.94. The third kappa shape index (κ3) is 3.29. The van der Waals surface area contributed by atoms with E-state index in [1.807, 2.05) is 25.1 Å². The molecule has 0 aromatic heterocycles. The Morgan fingerprint density at radius 3 is 2.69 bits per heavy atom. The highest BCUT2D eigenvalue weighted by Crippen LogP contribution is 2.28. The number of halogens is 2. The molecule has 2 N–H and O–H groups in total. The van der Waals surface area contributed by atoms with Gasteiger partial charge in [-0.05, 0) is 41.1 Å². The molecule has 0 saturated heterocycles. The van der Waals surface area contributed by atoms with Crippen molar-refractivity contribution in [2.45, 2.75) is 13.0 Å². The quantitative estimate of drug-likeness (QED) is 0.932. The summed E-state index contributed by atoms with van der Waals surface area (Å²) in [5, 5.41) is 0. The van der Waals surface area contributed by atoms with Crippen molar-refractivity contribution >= 4 is 31.9 Å². The topological polar surface area (TPSA) is 35.2 Å². The molecule has 0 saturated carbocycles. The molecule has 4 heteroatoms. The molecule has 1 aromatic carbocycles. The van der Waals surface area contributed by atoms with Crippen LogP contribution in [-0.4, -0.2) is 12.6 Å². The van der Waals surface area contributed by atoms with Gasteiger partial charge in [-0.25, -0.2) is 0 Å². The Morgan fingerprint density at radius 2 is 2.15 bits per heavy atom. The van der Waals surface area contributed by atoms with Crippen molar-refractivity contribution in [1.82, 2.24) is 0 Å². The zero-order valence-corrected chi connectivity index (χ0v) is 10.4. The van der Waals surface area contributed by atoms with Crippen molar-refractivity contribution < 1.29 is 4.74 Å². The SMILES string of the molecule is CC(CN)Oc1ccc(Br)cc1Br. The maximum Gasteiger partial charge on any atom is 0.134 e. The highest BCUT2D eigenvalue weighted by Gasteiger charge is 2.05. The van der Waals surface area contributed by atoms with Crippen molar-refractivity contribution in [3.63, 3.8) is 0 Å². The zero-order valence-electron chi connectivity index (χ0n) is 7.26. The van der Waals surface area contributed by atoms with Gasteiger partial charge in [-0.15, -0.1) is 0 Å². The molecule has 1 unspecified atom stereocenters. The summed E-state index contributed by atoms with van der Waals surface area (Å²) in [5.41, 5.74) is 5.45. The molecule has 0 spiro atoms. The maximum absolute atomic E-state index is 5.56. The van der Waals surface area contributed by atoms with Crippen LogP contribution in [0.4, 0.5) is 0 Å². The van der Waals surface area contributed by atoms with Gasteiger partial charge in [0, 0.05) is 11.0 Å². The molecule has 0 heterocycles. The zero-order chi connectivity index (χ0) is 9.84. The van der Waals surface area contributed by atoms with Crippen LogP contribution in [0.25, 0.3) is 0 Å². The Hall–Kier alpha value is -0.0600. The van der Waals surface area contributed by atoms with E-state index in [1.54, 1.807) is 0 Å². The molecule has 72 valence electrons. The van der Waals surface area contributed by atoms with E-state index in [2.05, 4.69) is 31.9 Å². The van der Waals surface area contributed by atoms with E-state index in [-0.39, 0.29) is 6.10 Å². The van der Waals surface area contributed by atoms with E-state index in [1.165, 1.54) is 0 Å². The first kappa shape index (κ1) is 11.0. The van der Waals surface area contributed by atoms with Crippen LogP contribution in [0.15, 0.2) is 27.1 Å². The molecule has 0 radical (unpaired) electrons. The lowest BCUT2D eigenvalue weighted by Gasteiger charge is -2.13. The van der Waals surface area contributed by atoms with Gasteiger partial charge in [0.1, 0.15) is 11.9 Å². The number of ether oxygens (including phenoxy) is 1. The minimum absolute atomic E-state index is 0.0393. The number of benzene rings is 1. The summed E-state index contributed by atoms with van der Waals surface area (Å²) >= 11 is 6.78. The highest BCUT2D eigenvalue weighted by atomic mass is 79.9. The van der Waals surface area contributed by atoms with E-state index in [9.17, 15) is 0 Å². The van der Waals surface area contributed by atoms with Gasteiger partial charge in [-0.1, -0.05) is 15.9 Å². The number of hydrogen-bond acceptors (Lipinski definition) is 2. The van der Waals surface area contributed by atoms with Crippen LogP contribution in [0.2, 0.25) is 0 Å². The highest BCUT2D eigenvalue weighted by molar-refractivity contribution is 9.11. The van der Waals surface area contributed by atoms with E-state index < -0.39 is 0 Å². The largest absolute Gasteiger partial charge is 0.488 e. The Kier molecular flexibility index (Phi) is 4.22. The van der Waals surface area contributed by atoms with Crippen LogP contribution < -0.4 is 10.5 Å². The van der Waals surface area contributed by atoms with E-state index in [0.29, 0.717) is 6.54 Å². The number of nitrogens with two attached hydrogens (primary N) is 1. The Balaban J connectivity index is 2.77. The summed E-state index contributed by atoms with van der Waals surface area (Å²) < 4.78 is 7.51. The van der Waals surface area contributed by atoms with E-state index >= 15 is 0 Å². The summed E-state index contributed by atoms with van der Waals surface area (Å²) in [4.78, 5) is 0. The van der Waals surface area contributed by atoms with Gasteiger partial charge in [-0.3, -0.25) is 0 Å². The molecule has 0 amide bonds. The molecule has 1 atom stereocenters. The molecule has 0 aliphatic rings. The molecule has 2 nitrogen and oxygen atoms in total. The smallest absolute Gasteiger partial charge is 0.134 e. The standard InChI is InChI=1S/C9H11Br2NO/c1-6(5-12)13-9-3-2-7(10)4-8(9)11/h2-4,6H,5,12H2,1H3. The summed E-state index contributed by atoms with van der Waals surface area (Å²) in [6.07, 6.45) is 0.0393. The Labute approximate surface area is 94.7 Å². The minimum Gasteiger partial charge on any atom is -0.488 e. The van der Waals surface area contributed by atoms with Crippen molar-refractivity contribution in [2.24, 2.45) is 5.73 Å². The lowest BCUT2D eigenvalue weighted by atomic mass is 10.3. The molecular formula is C9H11Br2NO. The van der Waals surface area contributed by atoms with Crippen LogP contribution in [0.1, 0.15) is 6.92 Å². The van der Waals surface area contributed by atoms with Gasteiger partial charge in [0.2, 0.25) is 0 Å². The van der Waals surface area contributed by atoms with Crippen LogP contribution in [0.3, 0.4) is 0 Å². The number of hydrogen-bond donors (Lipinski definition) is 1. The molecular weight excluding hydrogens is 298 g/mol. The molecule has 1 rings (SSSR count). The molecule has 1 aromatic rings. The first-order valence-electron chi connectivity index (χ1n) is 3.95. The van der Waals surface area contributed by atoms with Crippen LogP contribution in [-0.2, 0) is 0 Å². The summed E-state index contributed by atoms with van der Waals surface area (Å²) in [6.45, 7) is 2.46. The molecule has 0 bridgehead atoms. The normalized spacial score (nSPS) is 12.6. The van der Waals surface area contributed by atoms with Crippen molar-refractivity contribution in [2.75, 3.05) is 6.54 Å². The summed E-state index contributed by atoms with van der Waals surface area (Å²) in [6, 6.07) is 5.78. The molecule has 0 aliphatic heterocycles. The first-order chi connectivity index (χ1) is 6.13.